The van der Waals surface area contributed by atoms with Gasteiger partial charge in [-0.05, 0) is 30.5 Å². The Balaban J connectivity index is 2.16. The van der Waals surface area contributed by atoms with Crippen LogP contribution in [0.4, 0.5) is 5.69 Å². The van der Waals surface area contributed by atoms with Crippen molar-refractivity contribution in [2.45, 2.75) is 12.8 Å². The van der Waals surface area contributed by atoms with Crippen LogP contribution in [0.2, 0.25) is 0 Å². The summed E-state index contributed by atoms with van der Waals surface area (Å²) in [5, 5.41) is 3.38. The van der Waals surface area contributed by atoms with Crippen LogP contribution in [0.1, 0.15) is 12.0 Å². The van der Waals surface area contributed by atoms with E-state index in [0.29, 0.717) is 6.61 Å². The molecule has 0 radical (unpaired) electrons. The standard InChI is InChI=1S/C12H14ClNO/c13-7-3-9-15-11-6-1-4-10-5-2-8-14-12(10)11/h1,3-4,6-7,14H,2,5,8-9H2/b7-3+. The number of nitrogens with one attached hydrogen (secondary N) is 1. The lowest BCUT2D eigenvalue weighted by Crippen LogP contribution is -2.13. The van der Waals surface area contributed by atoms with Gasteiger partial charge in [-0.15, -0.1) is 0 Å². The topological polar surface area (TPSA) is 21.3 Å². The summed E-state index contributed by atoms with van der Waals surface area (Å²) in [5.41, 5.74) is 3.96. The van der Waals surface area contributed by atoms with Crippen molar-refractivity contribution >= 4 is 17.3 Å². The number of rotatable bonds is 3. The smallest absolute Gasteiger partial charge is 0.143 e. The maximum atomic E-state index is 5.61. The van der Waals surface area contributed by atoms with Crippen molar-refractivity contribution in [3.63, 3.8) is 0 Å². The molecule has 2 rings (SSSR count). The molecule has 1 aliphatic heterocycles. The highest BCUT2D eigenvalue weighted by atomic mass is 35.5. The van der Waals surface area contributed by atoms with Gasteiger partial charge in [-0.25, -0.2) is 0 Å². The lowest BCUT2D eigenvalue weighted by Gasteiger charge is -2.20. The van der Waals surface area contributed by atoms with Crippen LogP contribution < -0.4 is 10.1 Å². The number of hydrogen-bond donors (Lipinski definition) is 1. The number of aryl methyl sites for hydroxylation is 1. The minimum absolute atomic E-state index is 0.516. The quantitative estimate of drug-likeness (QED) is 0.850. The Hall–Kier alpha value is -1.15. The molecule has 0 aliphatic carbocycles. The molecule has 2 nitrogen and oxygen atoms in total. The van der Waals surface area contributed by atoms with E-state index in [0.717, 1.165) is 24.4 Å². The number of hydrogen-bond acceptors (Lipinski definition) is 2. The molecule has 15 heavy (non-hydrogen) atoms. The third-order valence-electron chi connectivity index (χ3n) is 2.46. The zero-order valence-electron chi connectivity index (χ0n) is 8.50. The van der Waals surface area contributed by atoms with Crippen molar-refractivity contribution < 1.29 is 4.74 Å². The summed E-state index contributed by atoms with van der Waals surface area (Å²) in [6.07, 6.45) is 4.10. The first-order valence-corrected chi connectivity index (χ1v) is 5.59. The van der Waals surface area contributed by atoms with Crippen molar-refractivity contribution in [3.05, 3.63) is 35.4 Å². The van der Waals surface area contributed by atoms with Gasteiger partial charge in [0, 0.05) is 12.1 Å². The minimum Gasteiger partial charge on any atom is -0.487 e. The maximum absolute atomic E-state index is 5.61. The maximum Gasteiger partial charge on any atom is 0.143 e. The van der Waals surface area contributed by atoms with Gasteiger partial charge in [0.2, 0.25) is 0 Å². The van der Waals surface area contributed by atoms with Gasteiger partial charge in [0.25, 0.3) is 0 Å². The van der Waals surface area contributed by atoms with Crippen molar-refractivity contribution in [2.24, 2.45) is 0 Å². The Morgan fingerprint density at radius 1 is 1.47 bits per heavy atom. The van der Waals surface area contributed by atoms with Gasteiger partial charge in [-0.2, -0.15) is 0 Å². The second-order valence-corrected chi connectivity index (χ2v) is 3.75. The van der Waals surface area contributed by atoms with E-state index in [2.05, 4.69) is 11.4 Å². The lowest BCUT2D eigenvalue weighted by molar-refractivity contribution is 0.364. The van der Waals surface area contributed by atoms with E-state index in [9.17, 15) is 0 Å². The lowest BCUT2D eigenvalue weighted by atomic mass is 10.0. The third-order valence-corrected chi connectivity index (χ3v) is 2.64. The molecule has 0 spiro atoms. The third kappa shape index (κ3) is 2.45. The Kier molecular flexibility index (Phi) is 3.51. The fourth-order valence-corrected chi connectivity index (χ4v) is 1.85. The van der Waals surface area contributed by atoms with Gasteiger partial charge in [0.15, 0.2) is 0 Å². The SMILES string of the molecule is Cl/C=C/COc1cccc2c1NCCC2. The molecule has 0 saturated carbocycles. The second kappa shape index (κ2) is 5.08. The van der Waals surface area contributed by atoms with Crippen LogP contribution in [0, 0.1) is 0 Å². The molecule has 0 aromatic heterocycles. The van der Waals surface area contributed by atoms with Crippen LogP contribution in [0.15, 0.2) is 29.8 Å². The first kappa shape index (κ1) is 10.4. The predicted molar refractivity (Wildman–Crippen MR) is 63.7 cm³/mol. The van der Waals surface area contributed by atoms with Crippen molar-refractivity contribution in [2.75, 3.05) is 18.5 Å². The molecule has 80 valence electrons. The summed E-state index contributed by atoms with van der Waals surface area (Å²) in [5.74, 6) is 0.918. The van der Waals surface area contributed by atoms with Gasteiger partial charge in [0.05, 0.1) is 5.69 Å². The van der Waals surface area contributed by atoms with Crippen molar-refractivity contribution in [3.8, 4) is 5.75 Å². The van der Waals surface area contributed by atoms with Gasteiger partial charge in [-0.1, -0.05) is 23.7 Å². The average molecular weight is 224 g/mol. The van der Waals surface area contributed by atoms with E-state index in [1.54, 1.807) is 6.08 Å². The number of fused-ring (bicyclic) bond motifs is 1. The molecule has 0 unspecified atom stereocenters. The molecule has 1 aromatic carbocycles. The summed E-state index contributed by atoms with van der Waals surface area (Å²) >= 11 is 5.43. The fraction of sp³-hybridized carbons (Fsp3) is 0.333. The summed E-state index contributed by atoms with van der Waals surface area (Å²) in [7, 11) is 0. The number of ether oxygens (including phenoxy) is 1. The molecule has 3 heteroatoms. The Morgan fingerprint density at radius 2 is 2.40 bits per heavy atom. The van der Waals surface area contributed by atoms with Crippen LogP contribution in [0.3, 0.4) is 0 Å². The molecule has 0 saturated heterocycles. The molecule has 0 bridgehead atoms. The molecule has 0 amide bonds. The zero-order valence-corrected chi connectivity index (χ0v) is 9.26. The van der Waals surface area contributed by atoms with Crippen LogP contribution in [0.25, 0.3) is 0 Å². The van der Waals surface area contributed by atoms with E-state index in [4.69, 9.17) is 16.3 Å². The fourth-order valence-electron chi connectivity index (χ4n) is 1.77. The molecule has 1 N–H and O–H groups in total. The molecule has 0 fully saturated rings. The van der Waals surface area contributed by atoms with Gasteiger partial charge >= 0.3 is 0 Å². The average Bonchev–Trinajstić information content (AvgIpc) is 2.30. The van der Waals surface area contributed by atoms with Gasteiger partial charge < -0.3 is 10.1 Å². The van der Waals surface area contributed by atoms with E-state index in [1.807, 2.05) is 12.1 Å². The molecule has 0 atom stereocenters. The van der Waals surface area contributed by atoms with Crippen LogP contribution in [0.5, 0.6) is 5.75 Å². The molecular weight excluding hydrogens is 210 g/mol. The summed E-state index contributed by atoms with van der Waals surface area (Å²) in [4.78, 5) is 0. The van der Waals surface area contributed by atoms with E-state index in [1.165, 1.54) is 17.5 Å². The van der Waals surface area contributed by atoms with Crippen molar-refractivity contribution in [1.82, 2.24) is 0 Å². The number of para-hydroxylation sites is 1. The highest BCUT2D eigenvalue weighted by Gasteiger charge is 2.12. The Morgan fingerprint density at radius 3 is 3.27 bits per heavy atom. The first-order valence-electron chi connectivity index (χ1n) is 5.15. The van der Waals surface area contributed by atoms with E-state index >= 15 is 0 Å². The summed E-state index contributed by atoms with van der Waals surface area (Å²) in [6.45, 7) is 1.54. The number of benzene rings is 1. The molecule has 1 aliphatic rings. The van der Waals surface area contributed by atoms with Crippen molar-refractivity contribution in [1.29, 1.82) is 0 Å². The summed E-state index contributed by atoms with van der Waals surface area (Å²) < 4.78 is 5.61. The predicted octanol–water partition coefficient (Wildman–Crippen LogP) is 3.18. The highest BCUT2D eigenvalue weighted by Crippen LogP contribution is 2.31. The molecule has 1 aromatic rings. The van der Waals surface area contributed by atoms with Gasteiger partial charge in [0.1, 0.15) is 12.4 Å². The first-order chi connectivity index (χ1) is 7.42. The number of anilines is 1. The Labute approximate surface area is 94.9 Å². The summed E-state index contributed by atoms with van der Waals surface area (Å²) in [6, 6.07) is 6.16. The number of halogens is 1. The second-order valence-electron chi connectivity index (χ2n) is 3.49. The highest BCUT2D eigenvalue weighted by molar-refractivity contribution is 6.25. The minimum atomic E-state index is 0.516. The van der Waals surface area contributed by atoms with Gasteiger partial charge in [-0.3, -0.25) is 0 Å². The van der Waals surface area contributed by atoms with E-state index in [-0.39, 0.29) is 0 Å². The van der Waals surface area contributed by atoms with Crippen LogP contribution in [-0.2, 0) is 6.42 Å². The molecular formula is C12H14ClNO. The molecule has 1 heterocycles. The van der Waals surface area contributed by atoms with Crippen LogP contribution >= 0.6 is 11.6 Å². The monoisotopic (exact) mass is 223 g/mol. The van der Waals surface area contributed by atoms with Crippen LogP contribution in [-0.4, -0.2) is 13.2 Å². The Bertz CT molecular complexity index is 363. The largest absolute Gasteiger partial charge is 0.487 e. The zero-order chi connectivity index (χ0) is 10.5. The van der Waals surface area contributed by atoms with E-state index < -0.39 is 0 Å². The normalized spacial score (nSPS) is 14.7.